The third-order valence-electron chi connectivity index (χ3n) is 5.60. The second-order valence-electron chi connectivity index (χ2n) is 7.92. The van der Waals surface area contributed by atoms with Gasteiger partial charge in [0.25, 0.3) is 0 Å². The number of aromatic nitrogens is 3. The number of fused-ring (bicyclic) bond motifs is 1. The Kier molecular flexibility index (Phi) is 6.58. The van der Waals surface area contributed by atoms with Crippen molar-refractivity contribution in [3.8, 4) is 17.0 Å². The first-order valence-corrected chi connectivity index (χ1v) is 10.4. The van der Waals surface area contributed by atoms with E-state index in [0.717, 1.165) is 12.1 Å². The van der Waals surface area contributed by atoms with Crippen molar-refractivity contribution in [2.24, 2.45) is 0 Å². The van der Waals surface area contributed by atoms with Crippen LogP contribution < -0.4 is 10.1 Å². The maximum absolute atomic E-state index is 14.8. The van der Waals surface area contributed by atoms with Crippen molar-refractivity contribution >= 4 is 11.5 Å². The van der Waals surface area contributed by atoms with Crippen LogP contribution in [0.25, 0.3) is 16.8 Å². The second-order valence-corrected chi connectivity index (χ2v) is 7.92. The van der Waals surface area contributed by atoms with Gasteiger partial charge in [0.15, 0.2) is 5.82 Å². The molecule has 3 heterocycles. The number of rotatable bonds is 6. The SMILES string of the molecule is CCN1CC(Nc2nnc(-c3ccc(C(F)(F)F)cc3OC(F)F)c3c(F)ccn23)C[C@@H](O)C1. The molecule has 0 radical (unpaired) electrons. The van der Waals surface area contributed by atoms with E-state index in [4.69, 9.17) is 0 Å². The lowest BCUT2D eigenvalue weighted by Crippen LogP contribution is -2.48. The van der Waals surface area contributed by atoms with E-state index in [-0.39, 0.29) is 28.8 Å². The van der Waals surface area contributed by atoms with Gasteiger partial charge in [-0.15, -0.1) is 10.2 Å². The van der Waals surface area contributed by atoms with Gasteiger partial charge in [-0.1, -0.05) is 6.92 Å². The smallest absolute Gasteiger partial charge is 0.416 e. The molecule has 2 aromatic heterocycles. The van der Waals surface area contributed by atoms with Crippen LogP contribution >= 0.6 is 0 Å². The summed E-state index contributed by atoms with van der Waals surface area (Å²) in [4.78, 5) is 2.03. The van der Waals surface area contributed by atoms with E-state index < -0.39 is 36.0 Å². The molecule has 0 saturated carbocycles. The van der Waals surface area contributed by atoms with E-state index in [0.29, 0.717) is 38.2 Å². The maximum Gasteiger partial charge on any atom is 0.416 e. The lowest BCUT2D eigenvalue weighted by molar-refractivity contribution is -0.138. The number of likely N-dealkylation sites (N-methyl/N-ethyl adjacent to an activating group) is 1. The molecule has 13 heteroatoms. The van der Waals surface area contributed by atoms with Gasteiger partial charge in [-0.3, -0.25) is 9.30 Å². The molecule has 3 aromatic rings. The zero-order chi connectivity index (χ0) is 24.6. The number of β-amino-alcohol motifs (C(OH)–C–C–N with tert-alkyl or cyclic N) is 1. The number of likely N-dealkylation sites (tertiary alicyclic amines) is 1. The molecule has 1 aromatic carbocycles. The van der Waals surface area contributed by atoms with Crippen LogP contribution in [-0.4, -0.2) is 63.0 Å². The molecule has 1 fully saturated rings. The molecule has 34 heavy (non-hydrogen) atoms. The zero-order valence-electron chi connectivity index (χ0n) is 17.9. The van der Waals surface area contributed by atoms with Crippen molar-refractivity contribution in [2.75, 3.05) is 25.0 Å². The number of alkyl halides is 5. The summed E-state index contributed by atoms with van der Waals surface area (Å²) in [7, 11) is 0. The van der Waals surface area contributed by atoms with Crippen LogP contribution in [0.5, 0.6) is 5.75 Å². The number of nitrogens with one attached hydrogen (secondary N) is 1. The lowest BCUT2D eigenvalue weighted by atomic mass is 10.0. The molecule has 2 N–H and O–H groups in total. The first kappa shape index (κ1) is 24.1. The van der Waals surface area contributed by atoms with Crippen molar-refractivity contribution < 1.29 is 36.2 Å². The molecular weight excluding hydrogens is 468 g/mol. The van der Waals surface area contributed by atoms with E-state index in [2.05, 4.69) is 20.3 Å². The molecule has 0 aliphatic carbocycles. The summed E-state index contributed by atoms with van der Waals surface area (Å²) < 4.78 is 85.5. The number of ether oxygens (including phenoxy) is 1. The standard InChI is InChI=1S/C21H21F6N5O2/c1-2-31-9-12(8-13(33)10-31)28-20-30-29-17(18-15(22)5-6-32(18)20)14-4-3-11(21(25,26)27)7-16(14)34-19(23)24/h3-7,12-13,19,33H,2,8-10H2,1H3,(H,28,30)/t12?,13-/m1/s1. The summed E-state index contributed by atoms with van der Waals surface area (Å²) in [6.45, 7) is 0.366. The van der Waals surface area contributed by atoms with Crippen LogP contribution in [0.3, 0.4) is 0 Å². The van der Waals surface area contributed by atoms with Crippen molar-refractivity contribution in [1.82, 2.24) is 19.5 Å². The number of aliphatic hydroxyl groups excluding tert-OH is 1. The predicted molar refractivity (Wildman–Crippen MR) is 110 cm³/mol. The molecule has 184 valence electrons. The van der Waals surface area contributed by atoms with Crippen LogP contribution in [0.2, 0.25) is 0 Å². The first-order valence-electron chi connectivity index (χ1n) is 10.4. The monoisotopic (exact) mass is 489 g/mol. The minimum absolute atomic E-state index is 0.126. The van der Waals surface area contributed by atoms with Gasteiger partial charge < -0.3 is 15.2 Å². The fourth-order valence-electron chi connectivity index (χ4n) is 4.08. The minimum atomic E-state index is -4.80. The number of anilines is 1. The van der Waals surface area contributed by atoms with Crippen molar-refractivity contribution in [1.29, 1.82) is 0 Å². The number of hydrogen-bond acceptors (Lipinski definition) is 6. The molecule has 0 amide bonds. The van der Waals surface area contributed by atoms with Gasteiger partial charge in [-0.2, -0.15) is 22.0 Å². The van der Waals surface area contributed by atoms with Gasteiger partial charge in [0.1, 0.15) is 17.0 Å². The number of aliphatic hydroxyl groups is 1. The van der Waals surface area contributed by atoms with Crippen LogP contribution in [0.4, 0.5) is 32.3 Å². The largest absolute Gasteiger partial charge is 0.434 e. The summed E-state index contributed by atoms with van der Waals surface area (Å²) >= 11 is 0. The molecule has 1 saturated heterocycles. The minimum Gasteiger partial charge on any atom is -0.434 e. The Morgan fingerprint density at radius 3 is 2.65 bits per heavy atom. The molecule has 4 rings (SSSR count). The average Bonchev–Trinajstić information content (AvgIpc) is 3.15. The van der Waals surface area contributed by atoms with Crippen LogP contribution in [0.1, 0.15) is 18.9 Å². The van der Waals surface area contributed by atoms with Gasteiger partial charge in [-0.05, 0) is 37.2 Å². The van der Waals surface area contributed by atoms with Gasteiger partial charge in [-0.25, -0.2) is 4.39 Å². The second kappa shape index (κ2) is 9.29. The van der Waals surface area contributed by atoms with E-state index >= 15 is 0 Å². The fraction of sp³-hybridized carbons (Fsp3) is 0.429. The maximum atomic E-state index is 14.8. The molecule has 1 unspecified atom stereocenters. The molecule has 0 bridgehead atoms. The summed E-state index contributed by atoms with van der Waals surface area (Å²) in [5, 5.41) is 21.2. The molecular formula is C21H21F6N5O2. The van der Waals surface area contributed by atoms with Gasteiger partial charge in [0.2, 0.25) is 5.95 Å². The first-order chi connectivity index (χ1) is 16.1. The molecule has 1 aliphatic rings. The van der Waals surface area contributed by atoms with Gasteiger partial charge in [0.05, 0.1) is 11.7 Å². The fourth-order valence-corrected chi connectivity index (χ4v) is 4.08. The van der Waals surface area contributed by atoms with Crippen LogP contribution in [0.15, 0.2) is 30.5 Å². The number of nitrogens with zero attached hydrogens (tertiary/aromatic N) is 4. The highest BCUT2D eigenvalue weighted by molar-refractivity contribution is 5.82. The lowest BCUT2D eigenvalue weighted by Gasteiger charge is -2.35. The van der Waals surface area contributed by atoms with E-state index in [1.54, 1.807) is 0 Å². The number of hydrogen-bond donors (Lipinski definition) is 2. The highest BCUT2D eigenvalue weighted by atomic mass is 19.4. The third-order valence-corrected chi connectivity index (χ3v) is 5.60. The van der Waals surface area contributed by atoms with Crippen LogP contribution in [-0.2, 0) is 6.18 Å². The highest BCUT2D eigenvalue weighted by Crippen LogP contribution is 2.39. The summed E-state index contributed by atoms with van der Waals surface area (Å²) in [6, 6.07) is 2.83. The Morgan fingerprint density at radius 2 is 1.97 bits per heavy atom. The third kappa shape index (κ3) is 4.89. The van der Waals surface area contributed by atoms with Gasteiger partial charge >= 0.3 is 12.8 Å². The zero-order valence-corrected chi connectivity index (χ0v) is 17.9. The Balaban J connectivity index is 1.76. The van der Waals surface area contributed by atoms with E-state index in [9.17, 15) is 31.4 Å². The van der Waals surface area contributed by atoms with Crippen molar-refractivity contribution in [3.63, 3.8) is 0 Å². The number of halogens is 6. The average molecular weight is 489 g/mol. The Morgan fingerprint density at radius 1 is 1.21 bits per heavy atom. The number of piperidine rings is 1. The molecule has 0 spiro atoms. The highest BCUT2D eigenvalue weighted by Gasteiger charge is 2.33. The molecule has 7 nitrogen and oxygen atoms in total. The van der Waals surface area contributed by atoms with E-state index in [1.807, 2.05) is 11.8 Å². The topological polar surface area (TPSA) is 74.9 Å². The van der Waals surface area contributed by atoms with Crippen LogP contribution in [0, 0.1) is 5.82 Å². The number of benzene rings is 1. The summed E-state index contributed by atoms with van der Waals surface area (Å²) in [5.74, 6) is -1.47. The Labute approximate surface area is 190 Å². The van der Waals surface area contributed by atoms with Crippen molar-refractivity contribution in [3.05, 3.63) is 41.8 Å². The van der Waals surface area contributed by atoms with Crippen molar-refractivity contribution in [2.45, 2.75) is 38.3 Å². The summed E-state index contributed by atoms with van der Waals surface area (Å²) in [6.07, 6.45) is -3.63. The predicted octanol–water partition coefficient (Wildman–Crippen LogP) is 4.02. The molecule has 1 aliphatic heterocycles. The Bertz CT molecular complexity index is 1170. The van der Waals surface area contributed by atoms with E-state index in [1.165, 1.54) is 10.6 Å². The quantitative estimate of drug-likeness (QED) is 0.510. The van der Waals surface area contributed by atoms with Gasteiger partial charge in [0, 0.05) is 30.9 Å². The Hall–Kier alpha value is -3.06. The summed E-state index contributed by atoms with van der Waals surface area (Å²) in [5.41, 5.74) is -1.93. The normalized spacial score (nSPS) is 19.7. The molecule has 2 atom stereocenters.